The lowest BCUT2D eigenvalue weighted by atomic mass is 10.1. The van der Waals surface area contributed by atoms with Crippen molar-refractivity contribution in [2.24, 2.45) is 0 Å². The maximum Gasteiger partial charge on any atom is 0.103 e. The fourth-order valence-corrected chi connectivity index (χ4v) is 2.18. The fourth-order valence-electron chi connectivity index (χ4n) is 2.18. The van der Waals surface area contributed by atoms with Crippen molar-refractivity contribution >= 4 is 16.6 Å². The van der Waals surface area contributed by atoms with Gasteiger partial charge in [0.05, 0.1) is 23.4 Å². The van der Waals surface area contributed by atoms with Gasteiger partial charge in [0, 0.05) is 31.8 Å². The van der Waals surface area contributed by atoms with E-state index in [0.717, 1.165) is 29.7 Å². The third-order valence-corrected chi connectivity index (χ3v) is 3.13. The molecule has 0 fully saturated rings. The van der Waals surface area contributed by atoms with Gasteiger partial charge in [0.1, 0.15) is 6.07 Å². The molecule has 98 valence electrons. The maximum absolute atomic E-state index is 9.30. The van der Waals surface area contributed by atoms with Crippen molar-refractivity contribution in [3.05, 3.63) is 36.0 Å². The maximum atomic E-state index is 9.30. The van der Waals surface area contributed by atoms with Gasteiger partial charge in [-0.3, -0.25) is 4.98 Å². The van der Waals surface area contributed by atoms with Crippen LogP contribution in [-0.4, -0.2) is 31.8 Å². The van der Waals surface area contributed by atoms with Crippen LogP contribution in [0.25, 0.3) is 10.9 Å². The molecule has 0 amide bonds. The van der Waals surface area contributed by atoms with E-state index in [2.05, 4.69) is 22.9 Å². The number of likely N-dealkylation sites (N-methyl/N-ethyl adjacent to an activating group) is 1. The van der Waals surface area contributed by atoms with Crippen LogP contribution in [0.3, 0.4) is 0 Å². The Morgan fingerprint density at radius 1 is 1.37 bits per heavy atom. The monoisotopic (exact) mass is 255 g/mol. The zero-order valence-electron chi connectivity index (χ0n) is 11.3. The first-order valence-corrected chi connectivity index (χ1v) is 6.33. The van der Waals surface area contributed by atoms with Crippen LogP contribution in [0.1, 0.15) is 12.5 Å². The van der Waals surface area contributed by atoms with E-state index >= 15 is 0 Å². The van der Waals surface area contributed by atoms with Gasteiger partial charge < -0.3 is 9.64 Å². The minimum Gasteiger partial charge on any atom is -0.383 e. The highest BCUT2D eigenvalue weighted by Crippen LogP contribution is 2.28. The summed E-state index contributed by atoms with van der Waals surface area (Å²) in [5, 5.41) is 10.3. The Labute approximate surface area is 113 Å². The summed E-state index contributed by atoms with van der Waals surface area (Å²) in [4.78, 5) is 6.49. The average molecular weight is 255 g/mol. The second-order valence-corrected chi connectivity index (χ2v) is 4.22. The molecule has 0 saturated heterocycles. The lowest BCUT2D eigenvalue weighted by molar-refractivity contribution is 0.205. The van der Waals surface area contributed by atoms with Crippen LogP contribution in [0.15, 0.2) is 30.5 Å². The molecule has 0 spiro atoms. The van der Waals surface area contributed by atoms with E-state index in [1.807, 2.05) is 24.3 Å². The number of pyridine rings is 1. The molecule has 0 saturated carbocycles. The average Bonchev–Trinajstić information content (AvgIpc) is 2.47. The molecule has 0 aliphatic rings. The van der Waals surface area contributed by atoms with Gasteiger partial charge in [-0.25, -0.2) is 0 Å². The van der Waals surface area contributed by atoms with Crippen LogP contribution in [0, 0.1) is 11.3 Å². The first-order valence-electron chi connectivity index (χ1n) is 6.33. The second-order valence-electron chi connectivity index (χ2n) is 4.22. The molecular weight excluding hydrogens is 238 g/mol. The topological polar surface area (TPSA) is 49.1 Å². The molecule has 1 aromatic heterocycles. The Morgan fingerprint density at radius 3 is 2.84 bits per heavy atom. The lowest BCUT2D eigenvalue weighted by Crippen LogP contribution is -2.27. The Morgan fingerprint density at radius 2 is 2.16 bits per heavy atom. The third-order valence-electron chi connectivity index (χ3n) is 3.13. The number of rotatable bonds is 5. The quantitative estimate of drug-likeness (QED) is 0.824. The van der Waals surface area contributed by atoms with Crippen molar-refractivity contribution in [2.75, 3.05) is 31.7 Å². The number of hydrogen-bond acceptors (Lipinski definition) is 4. The molecule has 4 nitrogen and oxygen atoms in total. The Balaban J connectivity index is 2.57. The third kappa shape index (κ3) is 2.67. The van der Waals surface area contributed by atoms with Gasteiger partial charge in [-0.15, -0.1) is 0 Å². The fraction of sp³-hybridized carbons (Fsp3) is 0.333. The molecule has 0 atom stereocenters. The molecule has 0 unspecified atom stereocenters. The molecule has 19 heavy (non-hydrogen) atoms. The van der Waals surface area contributed by atoms with Gasteiger partial charge in [0.25, 0.3) is 0 Å². The number of para-hydroxylation sites is 1. The Bertz CT molecular complexity index is 604. The first kappa shape index (κ1) is 13.3. The van der Waals surface area contributed by atoms with Gasteiger partial charge in [0.15, 0.2) is 0 Å². The number of hydrogen-bond donors (Lipinski definition) is 0. The highest BCUT2D eigenvalue weighted by Gasteiger charge is 2.14. The van der Waals surface area contributed by atoms with Crippen LogP contribution in [-0.2, 0) is 4.74 Å². The van der Waals surface area contributed by atoms with E-state index in [4.69, 9.17) is 4.74 Å². The van der Waals surface area contributed by atoms with Gasteiger partial charge in [-0.1, -0.05) is 18.2 Å². The zero-order chi connectivity index (χ0) is 13.7. The van der Waals surface area contributed by atoms with Gasteiger partial charge in [0.2, 0.25) is 0 Å². The molecule has 2 aromatic rings. The molecule has 0 bridgehead atoms. The van der Waals surface area contributed by atoms with Gasteiger partial charge >= 0.3 is 0 Å². The largest absolute Gasteiger partial charge is 0.383 e. The van der Waals surface area contributed by atoms with Crippen molar-refractivity contribution in [3.63, 3.8) is 0 Å². The standard InChI is InChI=1S/C15H17N3O/c1-3-18(8-9-19-2)15-12(10-16)11-17-14-7-5-4-6-13(14)15/h4-7,11H,3,8-9H2,1-2H3. The number of fused-ring (bicyclic) bond motifs is 1. The number of anilines is 1. The van der Waals surface area contributed by atoms with E-state index in [9.17, 15) is 5.26 Å². The van der Waals surface area contributed by atoms with Crippen LogP contribution < -0.4 is 4.90 Å². The van der Waals surface area contributed by atoms with E-state index in [-0.39, 0.29) is 0 Å². The second kappa shape index (κ2) is 6.17. The summed E-state index contributed by atoms with van der Waals surface area (Å²) in [5.74, 6) is 0. The van der Waals surface area contributed by atoms with Crippen LogP contribution in [0.5, 0.6) is 0 Å². The number of nitrogens with zero attached hydrogens (tertiary/aromatic N) is 3. The normalized spacial score (nSPS) is 10.4. The van der Waals surface area contributed by atoms with E-state index in [1.54, 1.807) is 13.3 Å². The summed E-state index contributed by atoms with van der Waals surface area (Å²) in [6, 6.07) is 10.1. The van der Waals surface area contributed by atoms with Crippen LogP contribution in [0.4, 0.5) is 5.69 Å². The summed E-state index contributed by atoms with van der Waals surface area (Å²) in [6.45, 7) is 4.29. The van der Waals surface area contributed by atoms with Crippen molar-refractivity contribution < 1.29 is 4.74 Å². The molecule has 0 N–H and O–H groups in total. The highest BCUT2D eigenvalue weighted by molar-refractivity contribution is 5.94. The Hall–Kier alpha value is -2.12. The van der Waals surface area contributed by atoms with Crippen LogP contribution >= 0.6 is 0 Å². The smallest absolute Gasteiger partial charge is 0.103 e. The summed E-state index contributed by atoms with van der Waals surface area (Å²) in [5.41, 5.74) is 2.47. The van der Waals surface area contributed by atoms with Crippen molar-refractivity contribution in [2.45, 2.75) is 6.92 Å². The predicted molar refractivity (Wildman–Crippen MR) is 76.2 cm³/mol. The molecule has 1 aromatic carbocycles. The number of methoxy groups -OCH3 is 1. The molecule has 1 heterocycles. The summed E-state index contributed by atoms with van der Waals surface area (Å²) in [7, 11) is 1.68. The molecule has 4 heteroatoms. The number of aromatic nitrogens is 1. The molecule has 0 aliphatic heterocycles. The number of nitriles is 1. The van der Waals surface area contributed by atoms with Gasteiger partial charge in [-0.05, 0) is 13.0 Å². The molecule has 0 aliphatic carbocycles. The summed E-state index contributed by atoms with van der Waals surface area (Å²) >= 11 is 0. The minimum absolute atomic E-state index is 0.608. The lowest BCUT2D eigenvalue weighted by Gasteiger charge is -2.25. The first-order chi connectivity index (χ1) is 9.31. The minimum atomic E-state index is 0.608. The molecule has 0 radical (unpaired) electrons. The number of benzene rings is 1. The zero-order valence-corrected chi connectivity index (χ0v) is 11.3. The van der Waals surface area contributed by atoms with E-state index < -0.39 is 0 Å². The van der Waals surface area contributed by atoms with Gasteiger partial charge in [-0.2, -0.15) is 5.26 Å². The van der Waals surface area contributed by atoms with Crippen molar-refractivity contribution in [1.29, 1.82) is 5.26 Å². The van der Waals surface area contributed by atoms with Crippen molar-refractivity contribution in [3.8, 4) is 6.07 Å². The van der Waals surface area contributed by atoms with Crippen LogP contribution in [0.2, 0.25) is 0 Å². The SMILES string of the molecule is CCN(CCOC)c1c(C#N)cnc2ccccc12. The predicted octanol–water partition coefficient (Wildman–Crippen LogP) is 2.58. The summed E-state index contributed by atoms with van der Waals surface area (Å²) in [6.07, 6.45) is 1.65. The molecule has 2 rings (SSSR count). The highest BCUT2D eigenvalue weighted by atomic mass is 16.5. The Kier molecular flexibility index (Phi) is 4.32. The van der Waals surface area contributed by atoms with E-state index in [0.29, 0.717) is 12.2 Å². The summed E-state index contributed by atoms with van der Waals surface area (Å²) < 4.78 is 5.14. The number of ether oxygens (including phenoxy) is 1. The van der Waals surface area contributed by atoms with Crippen molar-refractivity contribution in [1.82, 2.24) is 4.98 Å². The van der Waals surface area contributed by atoms with E-state index in [1.165, 1.54) is 0 Å². The molecular formula is C15H17N3O.